The second-order valence-electron chi connectivity index (χ2n) is 4.10. The zero-order valence-electron chi connectivity index (χ0n) is 10.2. The maximum absolute atomic E-state index is 12.0. The van der Waals surface area contributed by atoms with E-state index in [0.29, 0.717) is 38.4 Å². The van der Waals surface area contributed by atoms with Crippen molar-refractivity contribution in [1.29, 1.82) is 0 Å². The van der Waals surface area contributed by atoms with Gasteiger partial charge in [-0.15, -0.1) is 0 Å². The molecule has 2 N–H and O–H groups in total. The first-order chi connectivity index (χ1) is 8.70. The normalized spacial score (nSPS) is 16.6. The van der Waals surface area contributed by atoms with Crippen LogP contribution in [0.15, 0.2) is 6.20 Å². The van der Waals surface area contributed by atoms with Crippen molar-refractivity contribution in [3.8, 4) is 0 Å². The van der Waals surface area contributed by atoms with Crippen molar-refractivity contribution in [1.82, 2.24) is 30.5 Å². The summed E-state index contributed by atoms with van der Waals surface area (Å²) in [7, 11) is 1.62. The van der Waals surface area contributed by atoms with Crippen molar-refractivity contribution in [2.24, 2.45) is 0 Å². The molecule has 1 aliphatic heterocycles. The van der Waals surface area contributed by atoms with Crippen molar-refractivity contribution < 1.29 is 9.59 Å². The van der Waals surface area contributed by atoms with E-state index < -0.39 is 0 Å². The molecule has 0 atom stereocenters. The number of carbonyl (C=O) groups excluding carboxylic acids is 2. The van der Waals surface area contributed by atoms with Crippen LogP contribution >= 0.6 is 0 Å². The van der Waals surface area contributed by atoms with Gasteiger partial charge < -0.3 is 10.2 Å². The van der Waals surface area contributed by atoms with E-state index in [9.17, 15) is 9.59 Å². The molecule has 0 radical (unpaired) electrons. The van der Waals surface area contributed by atoms with Crippen LogP contribution in [0.25, 0.3) is 0 Å². The van der Waals surface area contributed by atoms with Crippen LogP contribution in [0, 0.1) is 0 Å². The second kappa shape index (κ2) is 5.58. The van der Waals surface area contributed by atoms with Crippen LogP contribution in [-0.4, -0.2) is 76.8 Å². The highest BCUT2D eigenvalue weighted by Gasteiger charge is 2.24. The van der Waals surface area contributed by atoms with Crippen LogP contribution in [-0.2, 0) is 4.79 Å². The number of piperazine rings is 1. The number of hydrogen-bond donors (Lipinski definition) is 2. The van der Waals surface area contributed by atoms with E-state index in [1.165, 1.54) is 6.20 Å². The number of amides is 2. The highest BCUT2D eigenvalue weighted by Crippen LogP contribution is 2.05. The Hall–Kier alpha value is -1.96. The summed E-state index contributed by atoms with van der Waals surface area (Å²) in [6.07, 6.45) is 1.42. The Morgan fingerprint density at radius 1 is 1.39 bits per heavy atom. The van der Waals surface area contributed by atoms with Gasteiger partial charge in [-0.1, -0.05) is 0 Å². The molecule has 0 aliphatic carbocycles. The molecule has 0 unspecified atom stereocenters. The quantitative estimate of drug-likeness (QED) is 0.669. The average Bonchev–Trinajstić information content (AvgIpc) is 2.92. The van der Waals surface area contributed by atoms with E-state index in [0.717, 1.165) is 0 Å². The summed E-state index contributed by atoms with van der Waals surface area (Å²) in [6.45, 7) is 2.96. The summed E-state index contributed by atoms with van der Waals surface area (Å²) in [5.74, 6) is -0.130. The summed E-state index contributed by atoms with van der Waals surface area (Å²) in [6, 6.07) is 0. The van der Waals surface area contributed by atoms with Crippen LogP contribution in [0.3, 0.4) is 0 Å². The number of aromatic nitrogens is 3. The minimum absolute atomic E-state index is 0.00808. The Morgan fingerprint density at radius 3 is 2.67 bits per heavy atom. The van der Waals surface area contributed by atoms with Gasteiger partial charge in [-0.25, -0.2) is 0 Å². The molecule has 1 saturated heterocycles. The van der Waals surface area contributed by atoms with Gasteiger partial charge in [0.25, 0.3) is 5.91 Å². The van der Waals surface area contributed by atoms with Gasteiger partial charge in [-0.2, -0.15) is 15.4 Å². The van der Waals surface area contributed by atoms with Crippen molar-refractivity contribution in [3.63, 3.8) is 0 Å². The molecule has 98 valence electrons. The van der Waals surface area contributed by atoms with E-state index in [4.69, 9.17) is 0 Å². The van der Waals surface area contributed by atoms with Gasteiger partial charge >= 0.3 is 0 Å². The van der Waals surface area contributed by atoms with Crippen molar-refractivity contribution in [2.45, 2.75) is 0 Å². The first-order valence-corrected chi connectivity index (χ1v) is 5.78. The zero-order chi connectivity index (χ0) is 13.0. The SMILES string of the molecule is CNC(=O)CN1CCN(C(=O)c2cn[nH]n2)CC1. The minimum Gasteiger partial charge on any atom is -0.358 e. The third-order valence-corrected chi connectivity index (χ3v) is 2.94. The van der Waals surface area contributed by atoms with Gasteiger partial charge in [0.05, 0.1) is 12.7 Å². The molecular formula is C10H16N6O2. The van der Waals surface area contributed by atoms with Crippen LogP contribution in [0.2, 0.25) is 0 Å². The molecule has 0 saturated carbocycles. The molecule has 0 bridgehead atoms. The standard InChI is InChI=1S/C10H16N6O2/c1-11-9(17)7-15-2-4-16(5-3-15)10(18)8-6-12-14-13-8/h6H,2-5,7H2,1H3,(H,11,17)(H,12,13,14). The molecule has 1 aromatic rings. The van der Waals surface area contributed by atoms with Crippen LogP contribution in [0.4, 0.5) is 0 Å². The van der Waals surface area contributed by atoms with E-state index in [2.05, 4.69) is 20.7 Å². The Bertz CT molecular complexity index is 410. The number of H-pyrrole nitrogens is 1. The molecule has 8 nitrogen and oxygen atoms in total. The van der Waals surface area contributed by atoms with Gasteiger partial charge in [-0.3, -0.25) is 14.5 Å². The third-order valence-electron chi connectivity index (χ3n) is 2.94. The Balaban J connectivity index is 1.83. The van der Waals surface area contributed by atoms with Gasteiger partial charge in [0.2, 0.25) is 5.91 Å². The molecule has 8 heteroatoms. The predicted octanol–water partition coefficient (Wildman–Crippen LogP) is -1.69. The molecular weight excluding hydrogens is 236 g/mol. The summed E-state index contributed by atoms with van der Waals surface area (Å²) in [4.78, 5) is 26.9. The zero-order valence-corrected chi connectivity index (χ0v) is 10.2. The van der Waals surface area contributed by atoms with E-state index in [1.807, 2.05) is 4.90 Å². The topological polar surface area (TPSA) is 94.2 Å². The molecule has 2 rings (SSSR count). The molecule has 0 spiro atoms. The number of carbonyl (C=O) groups is 2. The number of rotatable bonds is 3. The van der Waals surface area contributed by atoms with Crippen LogP contribution in [0.1, 0.15) is 10.5 Å². The van der Waals surface area contributed by atoms with Crippen LogP contribution in [0.5, 0.6) is 0 Å². The maximum Gasteiger partial charge on any atom is 0.276 e. The predicted molar refractivity (Wildman–Crippen MR) is 62.8 cm³/mol. The van der Waals surface area contributed by atoms with Gasteiger partial charge in [0.1, 0.15) is 0 Å². The Labute approximate surface area is 104 Å². The first-order valence-electron chi connectivity index (χ1n) is 5.78. The lowest BCUT2D eigenvalue weighted by atomic mass is 10.3. The summed E-state index contributed by atoms with van der Waals surface area (Å²) in [5, 5.41) is 12.4. The van der Waals surface area contributed by atoms with Crippen molar-refractivity contribution in [3.05, 3.63) is 11.9 Å². The third kappa shape index (κ3) is 2.83. The molecule has 2 heterocycles. The first kappa shape index (κ1) is 12.5. The number of aromatic amines is 1. The maximum atomic E-state index is 12.0. The fourth-order valence-corrected chi connectivity index (χ4v) is 1.86. The fourth-order valence-electron chi connectivity index (χ4n) is 1.86. The molecule has 2 amide bonds. The molecule has 1 aliphatic rings. The lowest BCUT2D eigenvalue weighted by molar-refractivity contribution is -0.122. The highest BCUT2D eigenvalue weighted by atomic mass is 16.2. The molecule has 1 fully saturated rings. The van der Waals surface area contributed by atoms with E-state index >= 15 is 0 Å². The van der Waals surface area contributed by atoms with E-state index in [-0.39, 0.29) is 11.8 Å². The number of nitrogens with one attached hydrogen (secondary N) is 2. The lowest BCUT2D eigenvalue weighted by Gasteiger charge is -2.33. The minimum atomic E-state index is -0.122. The Kier molecular flexibility index (Phi) is 3.88. The van der Waals surface area contributed by atoms with Crippen LogP contribution < -0.4 is 5.32 Å². The van der Waals surface area contributed by atoms with E-state index in [1.54, 1.807) is 11.9 Å². The lowest BCUT2D eigenvalue weighted by Crippen LogP contribution is -2.50. The number of likely N-dealkylation sites (N-methyl/N-ethyl adjacent to an activating group) is 1. The largest absolute Gasteiger partial charge is 0.358 e. The summed E-state index contributed by atoms with van der Waals surface area (Å²) >= 11 is 0. The molecule has 1 aromatic heterocycles. The van der Waals surface area contributed by atoms with Crippen molar-refractivity contribution in [2.75, 3.05) is 39.8 Å². The fraction of sp³-hybridized carbons (Fsp3) is 0.600. The second-order valence-corrected chi connectivity index (χ2v) is 4.10. The smallest absolute Gasteiger partial charge is 0.276 e. The molecule has 0 aromatic carbocycles. The highest BCUT2D eigenvalue weighted by molar-refractivity contribution is 5.92. The molecule has 18 heavy (non-hydrogen) atoms. The average molecular weight is 252 g/mol. The summed E-state index contributed by atoms with van der Waals surface area (Å²) < 4.78 is 0. The van der Waals surface area contributed by atoms with Gasteiger partial charge in [0, 0.05) is 33.2 Å². The van der Waals surface area contributed by atoms with Gasteiger partial charge in [0.15, 0.2) is 5.69 Å². The monoisotopic (exact) mass is 252 g/mol. The van der Waals surface area contributed by atoms with Crippen molar-refractivity contribution >= 4 is 11.8 Å². The number of hydrogen-bond acceptors (Lipinski definition) is 5. The summed E-state index contributed by atoms with van der Waals surface area (Å²) in [5.41, 5.74) is 0.328. The number of nitrogens with zero attached hydrogens (tertiary/aromatic N) is 4. The Morgan fingerprint density at radius 2 is 2.11 bits per heavy atom. The van der Waals surface area contributed by atoms with Gasteiger partial charge in [-0.05, 0) is 0 Å².